The Labute approximate surface area is 101 Å². The minimum atomic E-state index is 0.0666. The summed E-state index contributed by atoms with van der Waals surface area (Å²) in [5.74, 6) is 0.960. The van der Waals surface area contributed by atoms with Crippen molar-refractivity contribution in [2.45, 2.75) is 44.2 Å². The molecular formula is C14H18N2O. The van der Waals surface area contributed by atoms with Crippen LogP contribution in [0.5, 0.6) is 0 Å². The van der Waals surface area contributed by atoms with E-state index in [-0.39, 0.29) is 5.54 Å². The fourth-order valence-corrected chi connectivity index (χ4v) is 4.41. The molecule has 2 aliphatic heterocycles. The van der Waals surface area contributed by atoms with Crippen molar-refractivity contribution in [2.24, 2.45) is 5.92 Å². The molecule has 1 saturated carbocycles. The van der Waals surface area contributed by atoms with Gasteiger partial charge >= 0.3 is 0 Å². The lowest BCUT2D eigenvalue weighted by Crippen LogP contribution is -2.53. The third-order valence-electron chi connectivity index (χ3n) is 5.08. The summed E-state index contributed by atoms with van der Waals surface area (Å²) in [5, 5.41) is 0. The van der Waals surface area contributed by atoms with Gasteiger partial charge in [0.25, 0.3) is 0 Å². The van der Waals surface area contributed by atoms with Crippen LogP contribution >= 0.6 is 0 Å². The Balaban J connectivity index is 1.92. The van der Waals surface area contributed by atoms with Crippen LogP contribution in [0.15, 0.2) is 18.3 Å². The summed E-state index contributed by atoms with van der Waals surface area (Å²) in [6, 6.07) is 4.38. The van der Waals surface area contributed by atoms with Crippen LogP contribution in [0.25, 0.3) is 0 Å². The fourth-order valence-electron chi connectivity index (χ4n) is 4.41. The molecule has 0 aromatic carbocycles. The topological polar surface area (TPSA) is 25.2 Å². The Kier molecular flexibility index (Phi) is 1.81. The molecule has 0 N–H and O–H groups in total. The second-order valence-corrected chi connectivity index (χ2v) is 5.70. The van der Waals surface area contributed by atoms with Gasteiger partial charge in [-0.15, -0.1) is 0 Å². The molecular weight excluding hydrogens is 212 g/mol. The van der Waals surface area contributed by atoms with Gasteiger partial charge in [0.05, 0.1) is 5.54 Å². The number of amides is 1. The zero-order valence-electron chi connectivity index (χ0n) is 10.1. The highest BCUT2D eigenvalue weighted by atomic mass is 16.2. The van der Waals surface area contributed by atoms with Crippen LogP contribution in [0.1, 0.15) is 37.8 Å². The predicted molar refractivity (Wildman–Crippen MR) is 64.4 cm³/mol. The molecule has 4 rings (SSSR count). The maximum absolute atomic E-state index is 12.2. The van der Waals surface area contributed by atoms with E-state index in [1.807, 2.05) is 0 Å². The molecule has 2 atom stereocenters. The molecule has 17 heavy (non-hydrogen) atoms. The number of nitrogens with zero attached hydrogens (tertiary/aromatic N) is 2. The molecule has 3 nitrogen and oxygen atoms in total. The standard InChI is InChI=1S/C14H18N2O/c17-13-10-11-4-1-2-6-14(11)12-5-3-7-15(12)8-9-16(13)14/h3,5,7,11H,1-2,4,6,8-10H2/t11-,14-/m1/s1. The third kappa shape index (κ3) is 1.05. The minimum absolute atomic E-state index is 0.0666. The van der Waals surface area contributed by atoms with Gasteiger partial charge in [0.15, 0.2) is 0 Å². The number of aromatic nitrogens is 1. The van der Waals surface area contributed by atoms with Gasteiger partial charge < -0.3 is 9.47 Å². The Morgan fingerprint density at radius 1 is 1.29 bits per heavy atom. The summed E-state index contributed by atoms with van der Waals surface area (Å²) < 4.78 is 2.37. The van der Waals surface area contributed by atoms with Gasteiger partial charge in [-0.1, -0.05) is 12.8 Å². The summed E-state index contributed by atoms with van der Waals surface area (Å²) in [6.07, 6.45) is 7.93. The van der Waals surface area contributed by atoms with Gasteiger partial charge in [-0.2, -0.15) is 0 Å². The fraction of sp³-hybridized carbons (Fsp3) is 0.643. The maximum atomic E-state index is 12.2. The van der Waals surface area contributed by atoms with Crippen molar-refractivity contribution >= 4 is 5.91 Å². The Morgan fingerprint density at radius 3 is 3.18 bits per heavy atom. The second-order valence-electron chi connectivity index (χ2n) is 5.70. The van der Waals surface area contributed by atoms with E-state index in [4.69, 9.17) is 0 Å². The Hall–Kier alpha value is -1.25. The van der Waals surface area contributed by atoms with Crippen LogP contribution in [-0.4, -0.2) is 21.9 Å². The number of hydrogen-bond acceptors (Lipinski definition) is 1. The SMILES string of the molecule is O=C1C[C@H]2CCCC[C@]23c2cccn2CCN13. The molecule has 1 aromatic rings. The van der Waals surface area contributed by atoms with E-state index in [2.05, 4.69) is 27.8 Å². The normalized spacial score (nSPS) is 35.4. The number of rotatable bonds is 0. The molecule has 3 heterocycles. The molecule has 0 radical (unpaired) electrons. The molecule has 3 heteroatoms. The summed E-state index contributed by atoms with van der Waals surface area (Å²) in [4.78, 5) is 14.4. The van der Waals surface area contributed by atoms with E-state index in [1.54, 1.807) is 0 Å². The van der Waals surface area contributed by atoms with Crippen LogP contribution in [-0.2, 0) is 16.9 Å². The quantitative estimate of drug-likeness (QED) is 0.670. The number of hydrogen-bond donors (Lipinski definition) is 0. The molecule has 1 aliphatic carbocycles. The zero-order valence-corrected chi connectivity index (χ0v) is 10.1. The van der Waals surface area contributed by atoms with Crippen molar-refractivity contribution < 1.29 is 4.79 Å². The lowest BCUT2D eigenvalue weighted by molar-refractivity contribution is -0.133. The predicted octanol–water partition coefficient (Wildman–Crippen LogP) is 2.12. The smallest absolute Gasteiger partial charge is 0.223 e. The van der Waals surface area contributed by atoms with Crippen molar-refractivity contribution in [1.29, 1.82) is 0 Å². The molecule has 1 amide bonds. The first-order valence-electron chi connectivity index (χ1n) is 6.78. The average molecular weight is 230 g/mol. The van der Waals surface area contributed by atoms with Crippen molar-refractivity contribution in [3.05, 3.63) is 24.0 Å². The Bertz CT molecular complexity index is 478. The number of fused-ring (bicyclic) bond motifs is 1. The highest BCUT2D eigenvalue weighted by molar-refractivity contribution is 5.81. The van der Waals surface area contributed by atoms with Crippen LogP contribution in [0.2, 0.25) is 0 Å². The van der Waals surface area contributed by atoms with Crippen LogP contribution in [0.4, 0.5) is 0 Å². The molecule has 1 spiro atoms. The zero-order chi connectivity index (χ0) is 11.5. The van der Waals surface area contributed by atoms with Crippen LogP contribution < -0.4 is 0 Å². The van der Waals surface area contributed by atoms with E-state index < -0.39 is 0 Å². The summed E-state index contributed by atoms with van der Waals surface area (Å²) in [5.41, 5.74) is 1.47. The molecule has 90 valence electrons. The molecule has 1 aromatic heterocycles. The number of carbonyl (C=O) groups excluding carboxylic acids is 1. The summed E-state index contributed by atoms with van der Waals surface area (Å²) in [6.45, 7) is 1.89. The average Bonchev–Trinajstić information content (AvgIpc) is 2.90. The van der Waals surface area contributed by atoms with E-state index >= 15 is 0 Å². The number of carbonyl (C=O) groups is 1. The molecule has 3 aliphatic rings. The third-order valence-corrected chi connectivity index (χ3v) is 5.08. The second kappa shape index (κ2) is 3.15. The Morgan fingerprint density at radius 2 is 2.24 bits per heavy atom. The van der Waals surface area contributed by atoms with E-state index in [0.29, 0.717) is 11.8 Å². The van der Waals surface area contributed by atoms with Gasteiger partial charge in [0.2, 0.25) is 5.91 Å². The van der Waals surface area contributed by atoms with E-state index in [0.717, 1.165) is 19.5 Å². The van der Waals surface area contributed by atoms with E-state index in [1.165, 1.54) is 31.4 Å². The maximum Gasteiger partial charge on any atom is 0.223 e. The first kappa shape index (κ1) is 9.75. The lowest BCUT2D eigenvalue weighted by Gasteiger charge is -2.48. The van der Waals surface area contributed by atoms with Gasteiger partial charge in [0, 0.05) is 31.4 Å². The molecule has 1 saturated heterocycles. The summed E-state index contributed by atoms with van der Waals surface area (Å²) >= 11 is 0. The van der Waals surface area contributed by atoms with Gasteiger partial charge in [-0.05, 0) is 30.9 Å². The van der Waals surface area contributed by atoms with Gasteiger partial charge in [-0.3, -0.25) is 4.79 Å². The van der Waals surface area contributed by atoms with Crippen molar-refractivity contribution in [2.75, 3.05) is 6.54 Å². The van der Waals surface area contributed by atoms with Gasteiger partial charge in [-0.25, -0.2) is 0 Å². The first-order valence-corrected chi connectivity index (χ1v) is 6.78. The largest absolute Gasteiger partial charge is 0.348 e. The molecule has 0 bridgehead atoms. The summed E-state index contributed by atoms with van der Waals surface area (Å²) in [7, 11) is 0. The highest BCUT2D eigenvalue weighted by Gasteiger charge is 2.56. The van der Waals surface area contributed by atoms with Crippen molar-refractivity contribution in [3.8, 4) is 0 Å². The highest BCUT2D eigenvalue weighted by Crippen LogP contribution is 2.53. The van der Waals surface area contributed by atoms with Crippen LogP contribution in [0.3, 0.4) is 0 Å². The van der Waals surface area contributed by atoms with Crippen LogP contribution in [0, 0.1) is 5.92 Å². The van der Waals surface area contributed by atoms with Gasteiger partial charge in [0.1, 0.15) is 0 Å². The molecule has 0 unspecified atom stereocenters. The van der Waals surface area contributed by atoms with Crippen molar-refractivity contribution in [3.63, 3.8) is 0 Å². The van der Waals surface area contributed by atoms with Crippen molar-refractivity contribution in [1.82, 2.24) is 9.47 Å². The monoisotopic (exact) mass is 230 g/mol. The molecule has 2 fully saturated rings. The van der Waals surface area contributed by atoms with E-state index in [9.17, 15) is 4.79 Å². The lowest BCUT2D eigenvalue weighted by atomic mass is 9.71. The first-order chi connectivity index (χ1) is 8.32. The minimum Gasteiger partial charge on any atom is -0.348 e.